The van der Waals surface area contributed by atoms with E-state index < -0.39 is 0 Å². The molecule has 1 heterocycles. The molecule has 0 unspecified atom stereocenters. The van der Waals surface area contributed by atoms with Crippen LogP contribution in [-0.4, -0.2) is 16.1 Å². The molecule has 1 aromatic heterocycles. The number of hydrogen-bond acceptors (Lipinski definition) is 2. The Bertz CT molecular complexity index is 281. The van der Waals surface area contributed by atoms with E-state index in [4.69, 9.17) is 11.6 Å². The Labute approximate surface area is 68.2 Å². The Balaban J connectivity index is 2.71. The molecule has 1 aromatic rings. The van der Waals surface area contributed by atoms with Crippen LogP contribution < -0.4 is 5.32 Å². The zero-order chi connectivity index (χ0) is 8.27. The highest BCUT2D eigenvalue weighted by atomic mass is 35.5. The summed E-state index contributed by atoms with van der Waals surface area (Å²) in [7, 11) is 0. The van der Waals surface area contributed by atoms with Crippen molar-refractivity contribution >= 4 is 23.2 Å². The molecule has 1 amide bonds. The van der Waals surface area contributed by atoms with Crippen LogP contribution in [0, 0.1) is 0 Å². The van der Waals surface area contributed by atoms with Gasteiger partial charge in [0.1, 0.15) is 5.15 Å². The maximum atomic E-state index is 10.7. The van der Waals surface area contributed by atoms with Crippen molar-refractivity contribution < 1.29 is 4.79 Å². The van der Waals surface area contributed by atoms with E-state index in [0.29, 0.717) is 10.8 Å². The third-order valence-corrected chi connectivity index (χ3v) is 1.32. The van der Waals surface area contributed by atoms with Gasteiger partial charge in [-0.2, -0.15) is 5.10 Å². The first-order chi connectivity index (χ1) is 5.24. The monoisotopic (exact) mass is 171 g/mol. The van der Waals surface area contributed by atoms with Crippen LogP contribution in [0.3, 0.4) is 0 Å². The molecule has 11 heavy (non-hydrogen) atoms. The first-order valence-electron chi connectivity index (χ1n) is 2.86. The molecule has 0 spiro atoms. The number of rotatable bonds is 2. The Kier molecular flexibility index (Phi) is 2.28. The minimum atomic E-state index is -0.312. The van der Waals surface area contributed by atoms with Crippen molar-refractivity contribution in [2.24, 2.45) is 0 Å². The highest BCUT2D eigenvalue weighted by Crippen LogP contribution is 2.16. The number of hydrogen-bond donors (Lipinski definition) is 2. The number of aromatic amines is 1. The molecule has 0 aliphatic carbocycles. The first-order valence-corrected chi connectivity index (χ1v) is 3.24. The molecule has 5 heteroatoms. The Hall–Kier alpha value is -1.29. The number of carbonyl (C=O) groups is 1. The van der Waals surface area contributed by atoms with E-state index in [2.05, 4.69) is 22.1 Å². The number of nitrogens with zero attached hydrogens (tertiary/aromatic N) is 1. The highest BCUT2D eigenvalue weighted by Gasteiger charge is 2.02. The fourth-order valence-corrected chi connectivity index (χ4v) is 0.686. The molecular formula is C6H6ClN3O. The van der Waals surface area contributed by atoms with Gasteiger partial charge in [-0.3, -0.25) is 9.89 Å². The molecule has 2 N–H and O–H groups in total. The average molecular weight is 172 g/mol. The van der Waals surface area contributed by atoms with E-state index in [9.17, 15) is 4.79 Å². The summed E-state index contributed by atoms with van der Waals surface area (Å²) in [6.07, 6.45) is 2.58. The van der Waals surface area contributed by atoms with Gasteiger partial charge in [-0.15, -0.1) is 0 Å². The third kappa shape index (κ3) is 1.81. The van der Waals surface area contributed by atoms with Crippen molar-refractivity contribution in [1.82, 2.24) is 10.2 Å². The molecule has 58 valence electrons. The minimum Gasteiger partial charge on any atom is -0.319 e. The molecule has 4 nitrogen and oxygen atoms in total. The van der Waals surface area contributed by atoms with Gasteiger partial charge in [0, 0.05) is 0 Å². The predicted molar refractivity (Wildman–Crippen MR) is 42.4 cm³/mol. The van der Waals surface area contributed by atoms with Gasteiger partial charge in [-0.1, -0.05) is 18.2 Å². The van der Waals surface area contributed by atoms with Gasteiger partial charge >= 0.3 is 0 Å². The van der Waals surface area contributed by atoms with Gasteiger partial charge in [-0.25, -0.2) is 0 Å². The molecule has 1 rings (SSSR count). The second-order valence-corrected chi connectivity index (χ2v) is 2.17. The van der Waals surface area contributed by atoms with Crippen molar-refractivity contribution in [3.63, 3.8) is 0 Å². The van der Waals surface area contributed by atoms with E-state index in [0.717, 1.165) is 6.08 Å². The van der Waals surface area contributed by atoms with E-state index >= 15 is 0 Å². The second kappa shape index (κ2) is 3.21. The molecule has 0 saturated carbocycles. The lowest BCUT2D eigenvalue weighted by atomic mass is 10.5. The summed E-state index contributed by atoms with van der Waals surface area (Å²) in [5, 5.41) is 8.83. The number of nitrogens with one attached hydrogen (secondary N) is 2. The predicted octanol–water partition coefficient (Wildman–Crippen LogP) is 1.19. The summed E-state index contributed by atoms with van der Waals surface area (Å²) in [4.78, 5) is 10.7. The fourth-order valence-electron chi connectivity index (χ4n) is 0.541. The molecule has 0 bridgehead atoms. The SMILES string of the molecule is C=CC(=O)Nc1cn[nH]c1Cl. The van der Waals surface area contributed by atoms with Crippen LogP contribution in [0.15, 0.2) is 18.9 Å². The molecule has 0 radical (unpaired) electrons. The Morgan fingerprint density at radius 1 is 1.91 bits per heavy atom. The fraction of sp³-hybridized carbons (Fsp3) is 0. The van der Waals surface area contributed by atoms with Crippen LogP contribution in [0.2, 0.25) is 5.15 Å². The quantitative estimate of drug-likeness (QED) is 0.657. The third-order valence-electron chi connectivity index (χ3n) is 1.04. The van der Waals surface area contributed by atoms with Crippen molar-refractivity contribution in [2.45, 2.75) is 0 Å². The zero-order valence-corrected chi connectivity index (χ0v) is 6.35. The van der Waals surface area contributed by atoms with Crippen LogP contribution in [0.25, 0.3) is 0 Å². The first kappa shape index (κ1) is 7.81. The van der Waals surface area contributed by atoms with Gasteiger partial charge in [0.05, 0.1) is 11.9 Å². The molecule has 0 aromatic carbocycles. The number of halogens is 1. The zero-order valence-electron chi connectivity index (χ0n) is 5.60. The average Bonchev–Trinajstić information content (AvgIpc) is 2.37. The van der Waals surface area contributed by atoms with Crippen molar-refractivity contribution in [2.75, 3.05) is 5.32 Å². The molecule has 0 aliphatic rings. The summed E-state index contributed by atoms with van der Waals surface area (Å²) < 4.78 is 0. The van der Waals surface area contributed by atoms with Crippen LogP contribution in [0.5, 0.6) is 0 Å². The molecule has 0 aliphatic heterocycles. The molecule has 0 fully saturated rings. The topological polar surface area (TPSA) is 57.8 Å². The largest absolute Gasteiger partial charge is 0.319 e. The normalized spacial score (nSPS) is 9.18. The van der Waals surface area contributed by atoms with E-state index in [1.165, 1.54) is 6.20 Å². The number of anilines is 1. The number of amides is 1. The number of H-pyrrole nitrogens is 1. The van der Waals surface area contributed by atoms with E-state index in [-0.39, 0.29) is 5.91 Å². The highest BCUT2D eigenvalue weighted by molar-refractivity contribution is 6.32. The van der Waals surface area contributed by atoms with Crippen molar-refractivity contribution in [3.8, 4) is 0 Å². The van der Waals surface area contributed by atoms with Crippen molar-refractivity contribution in [3.05, 3.63) is 24.0 Å². The maximum absolute atomic E-state index is 10.7. The van der Waals surface area contributed by atoms with Crippen molar-refractivity contribution in [1.29, 1.82) is 0 Å². The standard InChI is InChI=1S/C6H6ClN3O/c1-2-5(11)9-4-3-8-10-6(4)7/h2-3H,1H2,(H,8,10)(H,9,11). The van der Waals surface area contributed by atoms with Gasteiger partial charge in [0.15, 0.2) is 0 Å². The van der Waals surface area contributed by atoms with Gasteiger partial charge in [-0.05, 0) is 6.08 Å². The van der Waals surface area contributed by atoms with Crippen LogP contribution in [0.4, 0.5) is 5.69 Å². The van der Waals surface area contributed by atoms with Crippen LogP contribution in [0.1, 0.15) is 0 Å². The Morgan fingerprint density at radius 3 is 3.09 bits per heavy atom. The lowest BCUT2D eigenvalue weighted by Crippen LogP contribution is -2.06. The summed E-state index contributed by atoms with van der Waals surface area (Å²) in [5.74, 6) is -0.312. The smallest absolute Gasteiger partial charge is 0.247 e. The lowest BCUT2D eigenvalue weighted by Gasteiger charge is -1.95. The Morgan fingerprint density at radius 2 is 2.64 bits per heavy atom. The maximum Gasteiger partial charge on any atom is 0.247 e. The van der Waals surface area contributed by atoms with Crippen LogP contribution >= 0.6 is 11.6 Å². The van der Waals surface area contributed by atoms with E-state index in [1.54, 1.807) is 0 Å². The summed E-state index contributed by atoms with van der Waals surface area (Å²) in [6.45, 7) is 3.29. The van der Waals surface area contributed by atoms with Gasteiger partial charge < -0.3 is 5.32 Å². The minimum absolute atomic E-state index is 0.306. The number of carbonyl (C=O) groups excluding carboxylic acids is 1. The molecule has 0 saturated heterocycles. The van der Waals surface area contributed by atoms with Gasteiger partial charge in [0.25, 0.3) is 0 Å². The molecular weight excluding hydrogens is 166 g/mol. The van der Waals surface area contributed by atoms with E-state index in [1.807, 2.05) is 0 Å². The number of aromatic nitrogens is 2. The summed E-state index contributed by atoms with van der Waals surface area (Å²) in [6, 6.07) is 0. The van der Waals surface area contributed by atoms with Crippen LogP contribution in [-0.2, 0) is 4.79 Å². The second-order valence-electron chi connectivity index (χ2n) is 1.79. The van der Waals surface area contributed by atoms with Gasteiger partial charge in [0.2, 0.25) is 5.91 Å². The lowest BCUT2D eigenvalue weighted by molar-refractivity contribution is -0.111. The summed E-state index contributed by atoms with van der Waals surface area (Å²) in [5.41, 5.74) is 0.455. The molecule has 0 atom stereocenters. The summed E-state index contributed by atoms with van der Waals surface area (Å²) >= 11 is 5.57.